The topological polar surface area (TPSA) is 38.4 Å². The predicted molar refractivity (Wildman–Crippen MR) is 135 cm³/mol. The van der Waals surface area contributed by atoms with Crippen LogP contribution in [0.1, 0.15) is 90.0 Å². The van der Waals surface area contributed by atoms with Crippen LogP contribution in [0, 0.1) is 28.6 Å². The van der Waals surface area contributed by atoms with Crippen LogP contribution in [0.25, 0.3) is 0 Å². The molecule has 5 atom stereocenters. The van der Waals surface area contributed by atoms with E-state index in [1.807, 2.05) is 0 Å². The van der Waals surface area contributed by atoms with Gasteiger partial charge in [-0.15, -0.1) is 0 Å². The number of hydrogen-bond acceptors (Lipinski definition) is 2. The Balaban J connectivity index is 1.47. The van der Waals surface area contributed by atoms with Gasteiger partial charge in [0.25, 0.3) is 0 Å². The first-order chi connectivity index (χ1) is 15.0. The fourth-order valence-electron chi connectivity index (χ4n) is 8.78. The van der Waals surface area contributed by atoms with Crippen molar-refractivity contribution >= 4 is 23.4 Å². The van der Waals surface area contributed by atoms with Gasteiger partial charge in [-0.3, -0.25) is 4.99 Å². The van der Waals surface area contributed by atoms with Crippen molar-refractivity contribution in [3.63, 3.8) is 0 Å². The molecule has 0 spiro atoms. The maximum atomic E-state index is 6.22. The first-order valence-electron chi connectivity index (χ1n) is 12.9. The van der Waals surface area contributed by atoms with Crippen LogP contribution in [-0.4, -0.2) is 17.2 Å². The van der Waals surface area contributed by atoms with E-state index < -0.39 is 0 Å². The highest BCUT2D eigenvalue weighted by Crippen LogP contribution is 2.78. The standard InChI is InChI=1S/C28H40N2S/c1-3-14-27(4-2)22-15-26(21-8-6-5-7-9-21)17-24(27)28(16-22,19-26)25(31)30-18-20-10-12-23(29)13-11-20/h5-9,18,20,22-24H,3-4,10-17,19,29H2,1-2H3/t20?,22-,23?,24?,26?,27?,28?/m1/s1. The Bertz CT molecular complexity index is 842. The molecule has 0 aliphatic heterocycles. The van der Waals surface area contributed by atoms with Crippen molar-refractivity contribution in [1.29, 1.82) is 0 Å². The third-order valence-corrected chi connectivity index (χ3v) is 10.6. The summed E-state index contributed by atoms with van der Waals surface area (Å²) in [4.78, 5) is 6.14. The van der Waals surface area contributed by atoms with Gasteiger partial charge in [-0.25, -0.2) is 0 Å². The molecule has 0 aromatic heterocycles. The SMILES string of the molecule is CCCC1(CC)C2CC3(c4ccccc4)C[C@@H]1CC2(C(=S)N=CC1CCC(N)CC1)C3. The fraction of sp³-hybridized carbons (Fsp3) is 0.714. The molecule has 4 unspecified atom stereocenters. The van der Waals surface area contributed by atoms with Crippen molar-refractivity contribution in [3.8, 4) is 0 Å². The Morgan fingerprint density at radius 2 is 1.84 bits per heavy atom. The number of thiocarbonyl (C=S) groups is 1. The molecule has 1 aromatic carbocycles. The van der Waals surface area contributed by atoms with Crippen molar-refractivity contribution in [3.05, 3.63) is 35.9 Å². The summed E-state index contributed by atoms with van der Waals surface area (Å²) in [6.07, 6.45) is 16.0. The van der Waals surface area contributed by atoms with Gasteiger partial charge in [0.2, 0.25) is 0 Å². The minimum Gasteiger partial charge on any atom is -0.328 e. The monoisotopic (exact) mass is 436 g/mol. The van der Waals surface area contributed by atoms with Crippen LogP contribution in [0.4, 0.5) is 0 Å². The van der Waals surface area contributed by atoms with E-state index in [1.54, 1.807) is 5.56 Å². The molecule has 0 amide bonds. The molecule has 31 heavy (non-hydrogen) atoms. The maximum absolute atomic E-state index is 6.22. The highest BCUT2D eigenvalue weighted by Gasteiger charge is 2.73. The van der Waals surface area contributed by atoms with Crippen LogP contribution >= 0.6 is 12.2 Å². The van der Waals surface area contributed by atoms with Gasteiger partial charge < -0.3 is 5.73 Å². The first-order valence-corrected chi connectivity index (χ1v) is 13.3. The smallest absolute Gasteiger partial charge is 0.109 e. The van der Waals surface area contributed by atoms with Crippen molar-refractivity contribution in [2.24, 2.45) is 39.3 Å². The molecule has 5 aliphatic carbocycles. The third kappa shape index (κ3) is 3.29. The quantitative estimate of drug-likeness (QED) is 0.391. The molecular formula is C28H40N2S. The lowest BCUT2D eigenvalue weighted by Gasteiger charge is -2.49. The van der Waals surface area contributed by atoms with Gasteiger partial charge in [0, 0.05) is 17.7 Å². The molecule has 4 bridgehead atoms. The fourth-order valence-corrected chi connectivity index (χ4v) is 9.13. The molecule has 168 valence electrons. The number of hydrogen-bond donors (Lipinski definition) is 1. The van der Waals surface area contributed by atoms with E-state index in [-0.39, 0.29) is 5.41 Å². The number of nitrogens with zero attached hydrogens (tertiary/aromatic N) is 1. The van der Waals surface area contributed by atoms with Gasteiger partial charge >= 0.3 is 0 Å². The van der Waals surface area contributed by atoms with Crippen LogP contribution in [0.15, 0.2) is 35.3 Å². The van der Waals surface area contributed by atoms with E-state index >= 15 is 0 Å². The zero-order valence-electron chi connectivity index (χ0n) is 19.5. The van der Waals surface area contributed by atoms with E-state index in [4.69, 9.17) is 22.9 Å². The predicted octanol–water partition coefficient (Wildman–Crippen LogP) is 6.86. The number of aliphatic imine (C=N–C) groups is 1. The highest BCUT2D eigenvalue weighted by molar-refractivity contribution is 7.80. The Morgan fingerprint density at radius 1 is 1.10 bits per heavy atom. The zero-order valence-corrected chi connectivity index (χ0v) is 20.3. The molecule has 6 rings (SSSR count). The molecule has 2 N–H and O–H groups in total. The molecular weight excluding hydrogens is 396 g/mol. The average molecular weight is 437 g/mol. The van der Waals surface area contributed by atoms with Crippen LogP contribution in [0.5, 0.6) is 0 Å². The minimum atomic E-state index is 0.140. The number of benzene rings is 1. The van der Waals surface area contributed by atoms with E-state index in [1.165, 1.54) is 57.8 Å². The third-order valence-electron chi connectivity index (χ3n) is 10.1. The van der Waals surface area contributed by atoms with Crippen LogP contribution < -0.4 is 5.73 Å². The van der Waals surface area contributed by atoms with Crippen LogP contribution in [0.3, 0.4) is 0 Å². The van der Waals surface area contributed by atoms with Crippen molar-refractivity contribution in [1.82, 2.24) is 0 Å². The normalized spacial score (nSPS) is 43.7. The lowest BCUT2D eigenvalue weighted by Crippen LogP contribution is -2.42. The van der Waals surface area contributed by atoms with E-state index in [9.17, 15) is 0 Å². The van der Waals surface area contributed by atoms with Gasteiger partial charge in [-0.05, 0) is 98.4 Å². The molecule has 0 heterocycles. The Kier molecular flexibility index (Phi) is 5.66. The molecule has 3 heteroatoms. The average Bonchev–Trinajstić information content (AvgIpc) is 3.16. The van der Waals surface area contributed by atoms with Crippen molar-refractivity contribution in [2.75, 3.05) is 0 Å². The summed E-state index contributed by atoms with van der Waals surface area (Å²) in [5.41, 5.74) is 8.60. The van der Waals surface area contributed by atoms with E-state index in [0.717, 1.165) is 23.7 Å². The van der Waals surface area contributed by atoms with Gasteiger partial charge in [0.05, 0.1) is 0 Å². The Labute approximate surface area is 194 Å². The molecule has 5 aliphatic rings. The molecule has 0 radical (unpaired) electrons. The number of rotatable bonds is 6. The Morgan fingerprint density at radius 3 is 2.52 bits per heavy atom. The zero-order chi connectivity index (χ0) is 21.7. The van der Waals surface area contributed by atoms with E-state index in [2.05, 4.69) is 50.4 Å². The Hall–Kier alpha value is -1.06. The second kappa shape index (κ2) is 8.06. The summed E-state index contributed by atoms with van der Waals surface area (Å²) < 4.78 is 0. The van der Waals surface area contributed by atoms with Crippen molar-refractivity contribution < 1.29 is 0 Å². The van der Waals surface area contributed by atoms with Gasteiger partial charge in [-0.2, -0.15) is 0 Å². The summed E-state index contributed by atoms with van der Waals surface area (Å²) in [6, 6.07) is 11.8. The summed E-state index contributed by atoms with van der Waals surface area (Å²) in [7, 11) is 0. The maximum Gasteiger partial charge on any atom is 0.109 e. The lowest BCUT2D eigenvalue weighted by molar-refractivity contribution is 0.0392. The number of nitrogens with two attached hydrogens (primary N) is 1. The van der Waals surface area contributed by atoms with Gasteiger partial charge in [0.1, 0.15) is 4.99 Å². The van der Waals surface area contributed by atoms with Gasteiger partial charge in [-0.1, -0.05) is 62.8 Å². The van der Waals surface area contributed by atoms with Crippen LogP contribution in [-0.2, 0) is 5.41 Å². The lowest BCUT2D eigenvalue weighted by atomic mass is 9.55. The molecule has 2 nitrogen and oxygen atoms in total. The summed E-state index contributed by atoms with van der Waals surface area (Å²) in [5, 5.41) is 0. The first kappa shape index (κ1) is 21.8. The van der Waals surface area contributed by atoms with Crippen molar-refractivity contribution in [2.45, 2.75) is 95.9 Å². The van der Waals surface area contributed by atoms with Gasteiger partial charge in [0.15, 0.2) is 0 Å². The second-order valence-corrected chi connectivity index (χ2v) is 11.8. The summed E-state index contributed by atoms with van der Waals surface area (Å²) in [6.45, 7) is 4.82. The minimum absolute atomic E-state index is 0.140. The second-order valence-electron chi connectivity index (χ2n) is 11.4. The highest BCUT2D eigenvalue weighted by atomic mass is 32.1. The molecule has 5 saturated carbocycles. The molecule has 1 aromatic rings. The van der Waals surface area contributed by atoms with E-state index in [0.29, 0.717) is 28.7 Å². The molecule has 0 saturated heterocycles. The molecule has 5 fully saturated rings. The summed E-state index contributed by atoms with van der Waals surface area (Å²) in [5.74, 6) is 2.07. The van der Waals surface area contributed by atoms with Crippen LogP contribution in [0.2, 0.25) is 0 Å². The largest absolute Gasteiger partial charge is 0.328 e. The summed E-state index contributed by atoms with van der Waals surface area (Å²) >= 11 is 6.22.